The van der Waals surface area contributed by atoms with Crippen LogP contribution >= 0.6 is 11.6 Å². The summed E-state index contributed by atoms with van der Waals surface area (Å²) in [7, 11) is 1.56. The van der Waals surface area contributed by atoms with E-state index in [0.717, 1.165) is 12.1 Å². The van der Waals surface area contributed by atoms with Crippen molar-refractivity contribution in [2.45, 2.75) is 25.2 Å². The minimum Gasteiger partial charge on any atom is -0.352 e. The first-order valence-corrected chi connectivity index (χ1v) is 9.10. The molecule has 9 heteroatoms. The minimum atomic E-state index is -4.75. The van der Waals surface area contributed by atoms with Crippen molar-refractivity contribution in [3.63, 3.8) is 0 Å². The number of amides is 2. The van der Waals surface area contributed by atoms with E-state index in [1.807, 2.05) is 0 Å². The zero-order valence-corrected chi connectivity index (χ0v) is 16.0. The van der Waals surface area contributed by atoms with E-state index in [2.05, 4.69) is 5.32 Å². The average molecular weight is 429 g/mol. The van der Waals surface area contributed by atoms with Gasteiger partial charge in [0.05, 0.1) is 17.5 Å². The van der Waals surface area contributed by atoms with Crippen molar-refractivity contribution < 1.29 is 27.2 Å². The van der Waals surface area contributed by atoms with Crippen LogP contribution in [0.15, 0.2) is 42.5 Å². The van der Waals surface area contributed by atoms with Gasteiger partial charge in [0.15, 0.2) is 0 Å². The molecule has 0 aliphatic carbocycles. The van der Waals surface area contributed by atoms with Crippen molar-refractivity contribution in [1.82, 2.24) is 10.2 Å². The Morgan fingerprint density at radius 3 is 2.62 bits per heavy atom. The third-order valence-corrected chi connectivity index (χ3v) is 5.18. The maximum atomic E-state index is 13.2. The first-order valence-electron chi connectivity index (χ1n) is 8.72. The molecule has 1 aliphatic heterocycles. The average Bonchev–Trinajstić information content (AvgIpc) is 2.94. The molecule has 0 radical (unpaired) electrons. The Kier molecular flexibility index (Phi) is 5.84. The molecule has 1 saturated heterocycles. The van der Waals surface area contributed by atoms with Crippen LogP contribution in [0.5, 0.6) is 0 Å². The summed E-state index contributed by atoms with van der Waals surface area (Å²) in [5.41, 5.74) is -0.753. The van der Waals surface area contributed by atoms with E-state index in [0.29, 0.717) is 16.7 Å². The van der Waals surface area contributed by atoms with E-state index in [4.69, 9.17) is 11.6 Å². The van der Waals surface area contributed by atoms with Crippen molar-refractivity contribution in [3.8, 4) is 0 Å². The highest BCUT2D eigenvalue weighted by atomic mass is 35.5. The molecule has 2 amide bonds. The normalized spacial score (nSPS) is 19.5. The highest BCUT2D eigenvalue weighted by Gasteiger charge is 2.43. The number of alkyl halides is 3. The molecule has 29 heavy (non-hydrogen) atoms. The van der Waals surface area contributed by atoms with Crippen LogP contribution in [0.4, 0.5) is 17.6 Å². The van der Waals surface area contributed by atoms with Crippen LogP contribution in [0, 0.1) is 11.7 Å². The number of halogens is 5. The first-order chi connectivity index (χ1) is 13.6. The van der Waals surface area contributed by atoms with Gasteiger partial charge in [-0.15, -0.1) is 0 Å². The number of carbonyl (C=O) groups excluding carboxylic acids is 2. The Morgan fingerprint density at radius 1 is 1.24 bits per heavy atom. The molecular weight excluding hydrogens is 412 g/mol. The van der Waals surface area contributed by atoms with Gasteiger partial charge in [-0.25, -0.2) is 4.39 Å². The Morgan fingerprint density at radius 2 is 1.97 bits per heavy atom. The summed E-state index contributed by atoms with van der Waals surface area (Å²) in [5, 5.41) is 2.90. The number of benzene rings is 2. The topological polar surface area (TPSA) is 49.4 Å². The zero-order valence-electron chi connectivity index (χ0n) is 15.3. The second kappa shape index (κ2) is 8.02. The van der Waals surface area contributed by atoms with Crippen molar-refractivity contribution >= 4 is 23.4 Å². The molecule has 0 bridgehead atoms. The quantitative estimate of drug-likeness (QED) is 0.737. The number of carbonyl (C=O) groups is 2. The van der Waals surface area contributed by atoms with Gasteiger partial charge in [0.2, 0.25) is 11.8 Å². The largest absolute Gasteiger partial charge is 0.416 e. The van der Waals surface area contributed by atoms with Gasteiger partial charge in [-0.2, -0.15) is 13.2 Å². The fraction of sp³-hybridized carbons (Fsp3) is 0.300. The fourth-order valence-electron chi connectivity index (χ4n) is 3.53. The van der Waals surface area contributed by atoms with Crippen LogP contribution in [-0.4, -0.2) is 23.8 Å². The number of nitrogens with one attached hydrogen (secondary N) is 1. The van der Waals surface area contributed by atoms with Crippen LogP contribution in [0.25, 0.3) is 0 Å². The number of hydrogen-bond acceptors (Lipinski definition) is 2. The third kappa shape index (κ3) is 4.53. The lowest BCUT2D eigenvalue weighted by atomic mass is 9.92. The molecule has 2 aromatic carbocycles. The summed E-state index contributed by atoms with van der Waals surface area (Å²) in [5.74, 6) is -2.63. The predicted molar refractivity (Wildman–Crippen MR) is 98.3 cm³/mol. The van der Waals surface area contributed by atoms with Crippen molar-refractivity contribution in [1.29, 1.82) is 0 Å². The van der Waals surface area contributed by atoms with Crippen molar-refractivity contribution in [3.05, 3.63) is 70.0 Å². The molecule has 2 unspecified atom stereocenters. The van der Waals surface area contributed by atoms with Crippen molar-refractivity contribution in [2.24, 2.45) is 5.92 Å². The summed E-state index contributed by atoms with van der Waals surface area (Å²) in [6.07, 6.45) is -4.83. The van der Waals surface area contributed by atoms with Gasteiger partial charge in [0, 0.05) is 25.0 Å². The number of nitrogens with zero attached hydrogens (tertiary/aromatic N) is 1. The number of hydrogen-bond donors (Lipinski definition) is 1. The van der Waals surface area contributed by atoms with Gasteiger partial charge >= 0.3 is 6.18 Å². The Hall–Kier alpha value is -2.61. The molecule has 4 nitrogen and oxygen atoms in total. The number of likely N-dealkylation sites (tertiary alicyclic amines) is 1. The van der Waals surface area contributed by atoms with Gasteiger partial charge in [-0.05, 0) is 35.4 Å². The third-order valence-electron chi connectivity index (χ3n) is 4.94. The second-order valence-electron chi connectivity index (χ2n) is 6.83. The highest BCUT2D eigenvalue weighted by Crippen LogP contribution is 2.38. The number of rotatable bonds is 4. The van der Waals surface area contributed by atoms with Crippen molar-refractivity contribution in [2.75, 3.05) is 7.05 Å². The lowest BCUT2D eigenvalue weighted by Crippen LogP contribution is -2.34. The van der Waals surface area contributed by atoms with Gasteiger partial charge in [-0.1, -0.05) is 29.8 Å². The summed E-state index contributed by atoms with van der Waals surface area (Å²) in [4.78, 5) is 26.3. The van der Waals surface area contributed by atoms with Gasteiger partial charge in [0.1, 0.15) is 5.82 Å². The Balaban J connectivity index is 1.81. The monoisotopic (exact) mass is 428 g/mol. The van der Waals surface area contributed by atoms with E-state index in [-0.39, 0.29) is 17.9 Å². The van der Waals surface area contributed by atoms with Crippen LogP contribution in [0.1, 0.15) is 29.2 Å². The first kappa shape index (κ1) is 21.1. The lowest BCUT2D eigenvalue weighted by molar-refractivity contribution is -0.138. The Bertz CT molecular complexity index is 948. The minimum absolute atomic E-state index is 0.0743. The SMILES string of the molecule is CN1C(=O)CC(C(=O)NCc2ccc(F)cc2C(F)(F)F)C1c1cccc(Cl)c1. The molecule has 1 fully saturated rings. The molecule has 1 N–H and O–H groups in total. The summed E-state index contributed by atoms with van der Waals surface area (Å²) in [6, 6.07) is 8.41. The van der Waals surface area contributed by atoms with E-state index in [9.17, 15) is 27.2 Å². The van der Waals surface area contributed by atoms with Gasteiger partial charge < -0.3 is 10.2 Å². The maximum Gasteiger partial charge on any atom is 0.416 e. The smallest absolute Gasteiger partial charge is 0.352 e. The van der Waals surface area contributed by atoms with E-state index >= 15 is 0 Å². The van der Waals surface area contributed by atoms with Crippen LogP contribution in [-0.2, 0) is 22.3 Å². The molecule has 0 aromatic heterocycles. The van der Waals surface area contributed by atoms with E-state index < -0.39 is 42.0 Å². The summed E-state index contributed by atoms with van der Waals surface area (Å²) < 4.78 is 52.6. The molecule has 0 saturated carbocycles. The molecule has 2 aromatic rings. The van der Waals surface area contributed by atoms with E-state index in [1.54, 1.807) is 31.3 Å². The second-order valence-corrected chi connectivity index (χ2v) is 7.27. The molecule has 0 spiro atoms. The fourth-order valence-corrected chi connectivity index (χ4v) is 3.73. The predicted octanol–water partition coefficient (Wildman–Crippen LogP) is 4.33. The Labute approximate surface area is 169 Å². The molecule has 154 valence electrons. The summed E-state index contributed by atoms with van der Waals surface area (Å²) >= 11 is 6.01. The molecular formula is C20H17ClF4N2O2. The maximum absolute atomic E-state index is 13.2. The summed E-state index contributed by atoms with van der Waals surface area (Å²) in [6.45, 7) is -0.440. The lowest BCUT2D eigenvalue weighted by Gasteiger charge is -2.25. The molecule has 2 atom stereocenters. The molecule has 3 rings (SSSR count). The zero-order chi connectivity index (χ0) is 21.3. The molecule has 1 heterocycles. The van der Waals surface area contributed by atoms with Gasteiger partial charge in [-0.3, -0.25) is 9.59 Å². The van der Waals surface area contributed by atoms with Gasteiger partial charge in [0.25, 0.3) is 0 Å². The van der Waals surface area contributed by atoms with Crippen LogP contribution in [0.2, 0.25) is 5.02 Å². The van der Waals surface area contributed by atoms with Crippen LogP contribution in [0.3, 0.4) is 0 Å². The standard InChI is InChI=1S/C20H17ClF4N2O2/c1-27-17(28)9-15(18(27)11-3-2-4-13(21)7-11)19(29)26-10-12-5-6-14(22)8-16(12)20(23,24)25/h2-8,15,18H,9-10H2,1H3,(H,26,29). The van der Waals surface area contributed by atoms with Crippen LogP contribution < -0.4 is 5.32 Å². The highest BCUT2D eigenvalue weighted by molar-refractivity contribution is 6.30. The molecule has 1 aliphatic rings. The van der Waals surface area contributed by atoms with E-state index in [1.165, 1.54) is 4.90 Å².